The number of anilines is 1. The number of carbonyl (C=O) groups is 1. The molecule has 0 aliphatic heterocycles. The summed E-state index contributed by atoms with van der Waals surface area (Å²) in [6.07, 6.45) is -0.118. The van der Waals surface area contributed by atoms with Crippen LogP contribution in [-0.2, 0) is 11.2 Å². The first-order valence-corrected chi connectivity index (χ1v) is 3.23. The predicted molar refractivity (Wildman–Crippen MR) is 39.6 cm³/mol. The average molecular weight is 173 g/mol. The number of nitrogens with two attached hydrogens (primary N) is 1. The van der Waals surface area contributed by atoms with Gasteiger partial charge in [0.05, 0.1) is 0 Å². The summed E-state index contributed by atoms with van der Waals surface area (Å²) in [5.74, 6) is -1.11. The maximum Gasteiger partial charge on any atom is 1.00 e. The number of hydrogen-bond acceptors (Lipinski definition) is 3. The van der Waals surface area contributed by atoms with Gasteiger partial charge in [-0.1, -0.05) is 18.2 Å². The normalized spacial score (nSPS) is 8.67. The topological polar surface area (TPSA) is 66.2 Å². The Bertz CT molecular complexity index is 276. The van der Waals surface area contributed by atoms with Crippen molar-refractivity contribution in [3.05, 3.63) is 29.8 Å². The van der Waals surface area contributed by atoms with Gasteiger partial charge in [-0.05, 0) is 11.6 Å². The minimum atomic E-state index is -1.11. The molecule has 3 nitrogen and oxygen atoms in total. The summed E-state index contributed by atoms with van der Waals surface area (Å²) in [4.78, 5) is 10.2. The molecule has 0 atom stereocenters. The van der Waals surface area contributed by atoms with E-state index in [1.165, 1.54) is 0 Å². The van der Waals surface area contributed by atoms with Gasteiger partial charge in [-0.2, -0.15) is 0 Å². The summed E-state index contributed by atoms with van der Waals surface area (Å²) in [5.41, 5.74) is 6.58. The van der Waals surface area contributed by atoms with Gasteiger partial charge >= 0.3 is 29.6 Å². The first-order valence-electron chi connectivity index (χ1n) is 3.23. The largest absolute Gasteiger partial charge is 1.00 e. The molecule has 0 saturated carbocycles. The molecule has 0 spiro atoms. The molecule has 58 valence electrons. The predicted octanol–water partition coefficient (Wildman–Crippen LogP) is -3.43. The molecular weight excluding hydrogens is 165 g/mol. The van der Waals surface area contributed by atoms with Crippen LogP contribution in [0.1, 0.15) is 5.56 Å². The van der Waals surface area contributed by atoms with E-state index in [0.717, 1.165) is 0 Å². The number of carboxylic acids is 1. The van der Waals surface area contributed by atoms with Crippen LogP contribution in [-0.4, -0.2) is 5.97 Å². The van der Waals surface area contributed by atoms with Gasteiger partial charge < -0.3 is 15.6 Å². The fourth-order valence-corrected chi connectivity index (χ4v) is 0.851. The van der Waals surface area contributed by atoms with Crippen molar-refractivity contribution < 1.29 is 39.5 Å². The van der Waals surface area contributed by atoms with E-state index in [1.54, 1.807) is 24.3 Å². The summed E-state index contributed by atoms with van der Waals surface area (Å²) in [7, 11) is 0. The number of benzene rings is 1. The molecule has 12 heavy (non-hydrogen) atoms. The van der Waals surface area contributed by atoms with Gasteiger partial charge in [-0.25, -0.2) is 0 Å². The van der Waals surface area contributed by atoms with Gasteiger partial charge in [0.1, 0.15) is 0 Å². The molecule has 0 saturated heterocycles. The Balaban J connectivity index is 0.00000121. The quantitative estimate of drug-likeness (QED) is 0.374. The number of rotatable bonds is 2. The summed E-state index contributed by atoms with van der Waals surface area (Å²) in [6.45, 7) is 0. The molecule has 0 aliphatic carbocycles. The Labute approximate surface area is 92.9 Å². The Morgan fingerprint density at radius 1 is 1.42 bits per heavy atom. The molecule has 0 amide bonds. The second-order valence-electron chi connectivity index (χ2n) is 2.25. The zero-order valence-corrected chi connectivity index (χ0v) is 8.91. The van der Waals surface area contributed by atoms with Crippen molar-refractivity contribution in [2.45, 2.75) is 6.42 Å². The molecule has 0 heterocycles. The van der Waals surface area contributed by atoms with Gasteiger partial charge in [0.2, 0.25) is 0 Å². The third-order valence-corrected chi connectivity index (χ3v) is 1.39. The summed E-state index contributed by atoms with van der Waals surface area (Å²) >= 11 is 0. The molecule has 0 unspecified atom stereocenters. The van der Waals surface area contributed by atoms with Crippen molar-refractivity contribution in [3.63, 3.8) is 0 Å². The van der Waals surface area contributed by atoms with Gasteiger partial charge in [0.25, 0.3) is 0 Å². The van der Waals surface area contributed by atoms with Crippen LogP contribution in [0.5, 0.6) is 0 Å². The molecule has 2 N–H and O–H groups in total. The Morgan fingerprint density at radius 2 is 2.00 bits per heavy atom. The molecule has 0 bridgehead atoms. The van der Waals surface area contributed by atoms with Crippen molar-refractivity contribution in [1.82, 2.24) is 0 Å². The number of nitrogen functional groups attached to an aromatic ring is 1. The number of hydrogen-bond donors (Lipinski definition) is 1. The van der Waals surface area contributed by atoms with Gasteiger partial charge in [-0.3, -0.25) is 0 Å². The van der Waals surface area contributed by atoms with Crippen molar-refractivity contribution in [2.75, 3.05) is 5.73 Å². The van der Waals surface area contributed by atoms with E-state index in [9.17, 15) is 9.90 Å². The maximum absolute atomic E-state index is 10.2. The van der Waals surface area contributed by atoms with Crippen LogP contribution in [0.4, 0.5) is 5.69 Å². The molecule has 4 heteroatoms. The second kappa shape index (κ2) is 5.19. The summed E-state index contributed by atoms with van der Waals surface area (Å²) in [5, 5.41) is 10.2. The van der Waals surface area contributed by atoms with E-state index < -0.39 is 5.97 Å². The fourth-order valence-electron chi connectivity index (χ4n) is 0.851. The number of aliphatic carboxylic acids is 1. The molecule has 1 aromatic carbocycles. The van der Waals surface area contributed by atoms with Crippen molar-refractivity contribution in [1.29, 1.82) is 0 Å². The summed E-state index contributed by atoms with van der Waals surface area (Å²) in [6, 6.07) is 6.84. The van der Waals surface area contributed by atoms with E-state index in [4.69, 9.17) is 5.73 Å². The van der Waals surface area contributed by atoms with Crippen molar-refractivity contribution in [2.24, 2.45) is 0 Å². The SMILES string of the molecule is Nc1ccccc1CC(=O)[O-].[Na+]. The summed E-state index contributed by atoms with van der Waals surface area (Å²) < 4.78 is 0. The molecule has 1 aromatic rings. The standard InChI is InChI=1S/C8H9NO2.Na/c9-7-4-2-1-3-6(7)5-8(10)11;/h1-4H,5,9H2,(H,10,11);/q;+1/p-1. The number of carboxylic acid groups (broad SMARTS) is 1. The second-order valence-corrected chi connectivity index (χ2v) is 2.25. The van der Waals surface area contributed by atoms with E-state index in [1.807, 2.05) is 0 Å². The molecule has 0 aliphatic rings. The van der Waals surface area contributed by atoms with Crippen LogP contribution < -0.4 is 40.4 Å². The van der Waals surface area contributed by atoms with Crippen LogP contribution in [0.3, 0.4) is 0 Å². The molecule has 1 rings (SSSR count). The Morgan fingerprint density at radius 3 is 2.50 bits per heavy atom. The van der Waals surface area contributed by atoms with Gasteiger partial charge in [0.15, 0.2) is 0 Å². The van der Waals surface area contributed by atoms with E-state index >= 15 is 0 Å². The third kappa shape index (κ3) is 3.26. The number of carbonyl (C=O) groups excluding carboxylic acids is 1. The first-order chi connectivity index (χ1) is 5.20. The zero-order valence-electron chi connectivity index (χ0n) is 6.91. The van der Waals surface area contributed by atoms with Crippen LogP contribution in [0.15, 0.2) is 24.3 Å². The average Bonchev–Trinajstić information content (AvgIpc) is 1.93. The van der Waals surface area contributed by atoms with Crippen LogP contribution in [0, 0.1) is 0 Å². The van der Waals surface area contributed by atoms with E-state index in [-0.39, 0.29) is 36.0 Å². The third-order valence-electron chi connectivity index (χ3n) is 1.39. The molecular formula is C8H8NNaO2. The van der Waals surface area contributed by atoms with E-state index in [0.29, 0.717) is 11.3 Å². The Hall–Kier alpha value is -0.510. The van der Waals surface area contributed by atoms with Crippen LogP contribution >= 0.6 is 0 Å². The zero-order chi connectivity index (χ0) is 8.27. The van der Waals surface area contributed by atoms with Gasteiger partial charge in [-0.15, -0.1) is 0 Å². The molecule has 0 aromatic heterocycles. The maximum atomic E-state index is 10.2. The van der Waals surface area contributed by atoms with Crippen molar-refractivity contribution in [3.8, 4) is 0 Å². The van der Waals surface area contributed by atoms with E-state index in [2.05, 4.69) is 0 Å². The van der Waals surface area contributed by atoms with Crippen LogP contribution in [0.25, 0.3) is 0 Å². The van der Waals surface area contributed by atoms with Crippen LogP contribution in [0.2, 0.25) is 0 Å². The minimum Gasteiger partial charge on any atom is -0.550 e. The fraction of sp³-hybridized carbons (Fsp3) is 0.125. The number of para-hydroxylation sites is 1. The smallest absolute Gasteiger partial charge is 0.550 e. The monoisotopic (exact) mass is 173 g/mol. The first kappa shape index (κ1) is 11.5. The van der Waals surface area contributed by atoms with Gasteiger partial charge in [0, 0.05) is 18.1 Å². The molecule has 0 radical (unpaired) electrons. The Kier molecular flexibility index (Phi) is 4.97. The minimum absolute atomic E-state index is 0. The molecule has 0 fully saturated rings. The van der Waals surface area contributed by atoms with Crippen molar-refractivity contribution >= 4 is 11.7 Å².